The summed E-state index contributed by atoms with van der Waals surface area (Å²) >= 11 is 0. The zero-order valence-electron chi connectivity index (χ0n) is 45.8. The Morgan fingerprint density at radius 3 is 1.62 bits per heavy atom. The van der Waals surface area contributed by atoms with E-state index < -0.39 is 101 Å². The lowest BCUT2D eigenvalue weighted by Crippen LogP contribution is -2.45. The van der Waals surface area contributed by atoms with Crippen LogP contribution in [0.4, 0.5) is 0 Å². The van der Waals surface area contributed by atoms with Crippen LogP contribution in [0.15, 0.2) is 24.3 Å². The number of carboxylic acid groups (broad SMARTS) is 2. The van der Waals surface area contributed by atoms with Crippen molar-refractivity contribution in [2.75, 3.05) is 78.2 Å². The molecule has 0 fully saturated rings. The number of hydrogen-bond acceptors (Lipinski definition) is 19. The summed E-state index contributed by atoms with van der Waals surface area (Å²) in [6.45, 7) is 7.44. The van der Waals surface area contributed by atoms with Crippen molar-refractivity contribution in [1.29, 1.82) is 0 Å². The number of aromatic amines is 1. The number of sulfonamides is 1. The molecule has 0 radical (unpaired) electrons. The first-order valence-corrected chi connectivity index (χ1v) is 28.1. The molecule has 7 amide bonds. The first kappa shape index (κ1) is 69.1. The molecule has 30 heteroatoms. The fraction of sp³-hybridized carbons (Fsp3) is 0.660. The summed E-state index contributed by atoms with van der Waals surface area (Å²) < 4.78 is 47.5. The van der Waals surface area contributed by atoms with Crippen molar-refractivity contribution < 1.29 is 85.5 Å². The van der Waals surface area contributed by atoms with Crippen LogP contribution in [0.2, 0.25) is 0 Å². The largest absolute Gasteiger partial charge is 0.480 e. The van der Waals surface area contributed by atoms with Gasteiger partial charge in [0.2, 0.25) is 45.5 Å². The van der Waals surface area contributed by atoms with Gasteiger partial charge in [0.15, 0.2) is 11.6 Å². The molecule has 2 aromatic rings. The van der Waals surface area contributed by atoms with Crippen molar-refractivity contribution >= 4 is 69.1 Å². The van der Waals surface area contributed by atoms with Crippen molar-refractivity contribution in [2.45, 2.75) is 129 Å². The molecule has 1 aromatic heterocycles. The highest BCUT2D eigenvalue weighted by Gasteiger charge is 2.26. The van der Waals surface area contributed by atoms with Gasteiger partial charge in [0.05, 0.1) is 51.4 Å². The number of carbonyl (C=O) groups is 10. The van der Waals surface area contributed by atoms with Gasteiger partial charge in [-0.05, 0) is 68.6 Å². The van der Waals surface area contributed by atoms with Gasteiger partial charge in [-0.3, -0.25) is 43.1 Å². The highest BCUT2D eigenvalue weighted by Crippen LogP contribution is 2.15. The number of aryl methyl sites for hydroxylation is 1. The first-order chi connectivity index (χ1) is 38.1. The van der Waals surface area contributed by atoms with Crippen molar-refractivity contribution in [2.24, 2.45) is 5.92 Å². The van der Waals surface area contributed by atoms with Gasteiger partial charge in [0.1, 0.15) is 25.3 Å². The third-order valence-corrected chi connectivity index (χ3v) is 12.9. The summed E-state index contributed by atoms with van der Waals surface area (Å²) in [5, 5.41) is 47.5. The van der Waals surface area contributed by atoms with Crippen molar-refractivity contribution in [3.63, 3.8) is 0 Å². The number of Topliss-reactive ketones (excluding diaryl/α,β-unsaturated/α-hetero) is 1. The van der Waals surface area contributed by atoms with Crippen LogP contribution < -0.4 is 36.6 Å². The lowest BCUT2D eigenvalue weighted by molar-refractivity contribution is -0.144. The second kappa shape index (κ2) is 39.4. The second-order valence-corrected chi connectivity index (χ2v) is 20.7. The molecule has 0 saturated carbocycles. The number of H-pyrrole nitrogens is 1. The third-order valence-electron chi connectivity index (χ3n) is 11.5. The third kappa shape index (κ3) is 32.2. The lowest BCUT2D eigenvalue weighted by atomic mass is 9.97. The second-order valence-electron chi connectivity index (χ2n) is 18.9. The number of carboxylic acids is 2. The molecule has 0 aliphatic rings. The van der Waals surface area contributed by atoms with E-state index in [9.17, 15) is 66.6 Å². The summed E-state index contributed by atoms with van der Waals surface area (Å²) in [6, 6.07) is 3.72. The number of nitrogens with one attached hydrogen (secondary N) is 8. The maximum Gasteiger partial charge on any atom is 0.326 e. The van der Waals surface area contributed by atoms with Gasteiger partial charge in [0, 0.05) is 63.2 Å². The molecule has 0 bridgehead atoms. The Hall–Kier alpha value is -7.02. The number of aliphatic carboxylic acids is 2. The van der Waals surface area contributed by atoms with Crippen LogP contribution in [-0.4, -0.2) is 195 Å². The zero-order chi connectivity index (χ0) is 59.3. The molecule has 1 heterocycles. The van der Waals surface area contributed by atoms with Gasteiger partial charge < -0.3 is 61.1 Å². The normalized spacial score (nSPS) is 12.4. The quantitative estimate of drug-likeness (QED) is 0.0362. The number of tetrazole rings is 1. The Balaban J connectivity index is 1.52. The number of aromatic nitrogens is 4. The van der Waals surface area contributed by atoms with Gasteiger partial charge in [-0.1, -0.05) is 45.0 Å². The molecule has 0 spiro atoms. The highest BCUT2D eigenvalue weighted by molar-refractivity contribution is 7.90. The smallest absolute Gasteiger partial charge is 0.326 e. The summed E-state index contributed by atoms with van der Waals surface area (Å²) in [4.78, 5) is 123. The van der Waals surface area contributed by atoms with E-state index in [1.165, 1.54) is 0 Å². The van der Waals surface area contributed by atoms with Gasteiger partial charge in [-0.25, -0.2) is 18.0 Å². The number of ketones is 1. The number of ether oxygens (including phenoxy) is 4. The maximum absolute atomic E-state index is 12.8. The first-order valence-electron chi connectivity index (χ1n) is 26.4. The molecular formula is C50H79N11O18S. The van der Waals surface area contributed by atoms with E-state index in [2.05, 4.69) is 66.4 Å². The summed E-state index contributed by atoms with van der Waals surface area (Å²) in [7, 11) is -3.94. The molecule has 2 rings (SSSR count). The molecular weight excluding hydrogens is 1070 g/mol. The number of amides is 7. The lowest BCUT2D eigenvalue weighted by Gasteiger charge is -2.19. The minimum atomic E-state index is -3.94. The SMILES string of the molecule is CC(C)C(=O)C(CCCCNC(=O)c1ccc(C(C)C)cc1)NC(=O)COCCOCCNC(=O)CCC(NC(=O)CCC(NC(=O)COCCOCCNC(=O)CCCS(=O)(=O)NC(=O)CCCc1nn[nH]n1)C(=O)O)C(=O)O. The van der Waals surface area contributed by atoms with Gasteiger partial charge in [-0.15, -0.1) is 10.2 Å². The molecule has 448 valence electrons. The number of unbranched alkanes of at least 4 members (excludes halogenated alkanes) is 1. The fourth-order valence-electron chi connectivity index (χ4n) is 7.15. The minimum Gasteiger partial charge on any atom is -0.480 e. The van der Waals surface area contributed by atoms with Gasteiger partial charge in [0.25, 0.3) is 5.91 Å². The monoisotopic (exact) mass is 1150 g/mol. The van der Waals surface area contributed by atoms with E-state index in [-0.39, 0.29) is 109 Å². The zero-order valence-corrected chi connectivity index (χ0v) is 46.7. The van der Waals surface area contributed by atoms with Crippen LogP contribution in [0, 0.1) is 5.92 Å². The topological polar surface area (TPSA) is 421 Å². The number of benzene rings is 1. The van der Waals surface area contributed by atoms with Crippen LogP contribution in [0.5, 0.6) is 0 Å². The predicted octanol–water partition coefficient (Wildman–Crippen LogP) is -0.820. The molecule has 0 aliphatic heterocycles. The molecule has 10 N–H and O–H groups in total. The summed E-state index contributed by atoms with van der Waals surface area (Å²) in [5.41, 5.74) is 1.70. The Kier molecular flexibility index (Phi) is 34.0. The van der Waals surface area contributed by atoms with Crippen LogP contribution in [0.1, 0.15) is 126 Å². The van der Waals surface area contributed by atoms with E-state index in [0.29, 0.717) is 56.0 Å². The van der Waals surface area contributed by atoms with E-state index in [1.807, 2.05) is 16.9 Å². The maximum atomic E-state index is 12.8. The Bertz CT molecular complexity index is 2370. The average molecular weight is 1150 g/mol. The molecule has 1 aromatic carbocycles. The molecule has 80 heavy (non-hydrogen) atoms. The Morgan fingerprint density at radius 1 is 0.562 bits per heavy atom. The number of rotatable bonds is 45. The van der Waals surface area contributed by atoms with Gasteiger partial charge in [-0.2, -0.15) is 5.21 Å². The van der Waals surface area contributed by atoms with Crippen LogP contribution >= 0.6 is 0 Å². The Morgan fingerprint density at radius 2 is 1.09 bits per heavy atom. The molecule has 3 atom stereocenters. The van der Waals surface area contributed by atoms with Crippen molar-refractivity contribution in [3.05, 3.63) is 41.2 Å². The van der Waals surface area contributed by atoms with Crippen LogP contribution in [-0.2, 0) is 78.5 Å². The highest BCUT2D eigenvalue weighted by atomic mass is 32.2. The molecule has 3 unspecified atom stereocenters. The minimum absolute atomic E-state index is 0.00426. The summed E-state index contributed by atoms with van der Waals surface area (Å²) in [6.07, 6.45) is 0.525. The Labute approximate surface area is 464 Å². The number of hydrogen-bond donors (Lipinski definition) is 10. The number of carbonyl (C=O) groups excluding carboxylic acids is 8. The standard InChI is InChI=1S/C50H79N11O18S/c1-33(2)35-13-15-36(16-14-35)48(69)53-21-6-5-9-37(47(68)34(3)4)54-45(66)31-78-28-26-77-25-23-52-42(63)19-17-38(49(70)71)55-43(64)20-18-39(50(72)73)56-46(67)32-79-29-27-76-24-22-51-41(62)12-8-30-80(74,75)59-44(65)11-7-10-40-57-60-61-58-40/h13-16,33-34,37-39H,5-12,17-32H2,1-4H3,(H,51,62)(H,52,63)(H,53,69)(H,54,66)(H,55,64)(H,56,67)(H,59,65)(H,70,71)(H,72,73)(H,57,58,60,61). The molecule has 29 nitrogen and oxygen atoms in total. The van der Waals surface area contributed by atoms with E-state index in [4.69, 9.17) is 18.9 Å². The van der Waals surface area contributed by atoms with E-state index in [1.54, 1.807) is 26.0 Å². The van der Waals surface area contributed by atoms with Crippen molar-refractivity contribution in [3.8, 4) is 0 Å². The fourth-order valence-corrected chi connectivity index (χ4v) is 8.23. The average Bonchev–Trinajstić information content (AvgIpc) is 3.92. The van der Waals surface area contributed by atoms with Crippen LogP contribution in [0.3, 0.4) is 0 Å². The summed E-state index contributed by atoms with van der Waals surface area (Å²) in [5.74, 6) is -7.02. The van der Waals surface area contributed by atoms with Crippen LogP contribution in [0.25, 0.3) is 0 Å². The molecule has 0 saturated heterocycles. The van der Waals surface area contributed by atoms with Crippen molar-refractivity contribution in [1.82, 2.24) is 57.2 Å². The van der Waals surface area contributed by atoms with Gasteiger partial charge >= 0.3 is 11.9 Å². The van der Waals surface area contributed by atoms with E-state index >= 15 is 0 Å². The van der Waals surface area contributed by atoms with E-state index in [0.717, 1.165) is 5.56 Å². The molecule has 0 aliphatic carbocycles. The predicted molar refractivity (Wildman–Crippen MR) is 284 cm³/mol. The number of nitrogens with zero attached hydrogens (tertiary/aromatic N) is 3.